The second-order valence-electron chi connectivity index (χ2n) is 4.22. The fourth-order valence-corrected chi connectivity index (χ4v) is 3.58. The van der Waals surface area contributed by atoms with Crippen molar-refractivity contribution >= 4 is 27.1 Å². The second-order valence-corrected chi connectivity index (χ2v) is 7.81. The molecule has 0 saturated carbocycles. The molecule has 0 unspecified atom stereocenters. The minimum absolute atomic E-state index is 0.0526. The zero-order chi connectivity index (χ0) is 12.6. The third-order valence-electron chi connectivity index (χ3n) is 2.10. The molecular formula is C10H14O4S2. The summed E-state index contributed by atoms with van der Waals surface area (Å²) in [4.78, 5) is 11.6. The molecule has 0 fully saturated rings. The van der Waals surface area contributed by atoms with Gasteiger partial charge in [0.1, 0.15) is 4.88 Å². The quantitative estimate of drug-likeness (QED) is 0.766. The van der Waals surface area contributed by atoms with Crippen LogP contribution in [0.15, 0.2) is 16.3 Å². The third kappa shape index (κ3) is 2.12. The Kier molecular flexibility index (Phi) is 3.44. The number of sulfone groups is 1. The Morgan fingerprint density at radius 2 is 1.94 bits per heavy atom. The molecule has 1 heterocycles. The first-order chi connectivity index (χ1) is 7.21. The van der Waals surface area contributed by atoms with Crippen LogP contribution in [-0.4, -0.2) is 26.2 Å². The van der Waals surface area contributed by atoms with Crippen molar-refractivity contribution in [2.45, 2.75) is 30.4 Å². The lowest BCUT2D eigenvalue weighted by Gasteiger charge is -2.18. The van der Waals surface area contributed by atoms with Crippen LogP contribution in [0.3, 0.4) is 0 Å². The lowest BCUT2D eigenvalue weighted by atomic mass is 10.3. The Morgan fingerprint density at radius 3 is 2.38 bits per heavy atom. The molecule has 0 aliphatic heterocycles. The Hall–Kier alpha value is -0.880. The Labute approximate surface area is 99.2 Å². The van der Waals surface area contributed by atoms with Crippen molar-refractivity contribution < 1.29 is 17.9 Å². The minimum Gasteiger partial charge on any atom is -0.465 e. The van der Waals surface area contributed by atoms with E-state index in [-0.39, 0.29) is 9.77 Å². The fraction of sp³-hybridized carbons (Fsp3) is 0.500. The summed E-state index contributed by atoms with van der Waals surface area (Å²) in [6, 6.07) is 1.44. The van der Waals surface area contributed by atoms with Crippen molar-refractivity contribution in [3.05, 3.63) is 16.3 Å². The molecule has 0 spiro atoms. The summed E-state index contributed by atoms with van der Waals surface area (Å²) < 4.78 is 27.9. The van der Waals surface area contributed by atoms with E-state index in [1.807, 2.05) is 0 Å². The first-order valence-corrected chi connectivity index (χ1v) is 6.98. The maximum absolute atomic E-state index is 12.2. The molecule has 0 radical (unpaired) electrons. The van der Waals surface area contributed by atoms with Gasteiger partial charge in [-0.15, -0.1) is 11.3 Å². The fourth-order valence-electron chi connectivity index (χ4n) is 1.08. The molecule has 1 rings (SSSR count). The highest BCUT2D eigenvalue weighted by Crippen LogP contribution is 2.30. The number of rotatable bonds is 2. The summed E-state index contributed by atoms with van der Waals surface area (Å²) in [5.74, 6) is -0.613. The molecule has 0 aliphatic rings. The molecule has 0 N–H and O–H groups in total. The van der Waals surface area contributed by atoms with Crippen LogP contribution >= 0.6 is 11.3 Å². The minimum atomic E-state index is -3.51. The van der Waals surface area contributed by atoms with E-state index < -0.39 is 20.6 Å². The van der Waals surface area contributed by atoms with Gasteiger partial charge in [0.2, 0.25) is 0 Å². The summed E-state index contributed by atoms with van der Waals surface area (Å²) in [6.45, 7) is 4.79. The van der Waals surface area contributed by atoms with Gasteiger partial charge in [-0.2, -0.15) is 0 Å². The van der Waals surface area contributed by atoms with Crippen LogP contribution in [0.25, 0.3) is 0 Å². The van der Waals surface area contributed by atoms with Crippen molar-refractivity contribution in [2.24, 2.45) is 0 Å². The highest BCUT2D eigenvalue weighted by atomic mass is 32.2. The van der Waals surface area contributed by atoms with Gasteiger partial charge in [-0.05, 0) is 32.2 Å². The Morgan fingerprint density at radius 1 is 1.38 bits per heavy atom. The normalized spacial score (nSPS) is 12.5. The van der Waals surface area contributed by atoms with Crippen molar-refractivity contribution in [2.75, 3.05) is 7.11 Å². The summed E-state index contributed by atoms with van der Waals surface area (Å²) in [7, 11) is -2.28. The maximum atomic E-state index is 12.2. The number of ether oxygens (including phenoxy) is 1. The van der Waals surface area contributed by atoms with Gasteiger partial charge < -0.3 is 4.74 Å². The zero-order valence-electron chi connectivity index (χ0n) is 9.60. The molecule has 1 aromatic rings. The summed E-state index contributed by atoms with van der Waals surface area (Å²) >= 11 is 1.07. The molecule has 0 aliphatic carbocycles. The summed E-state index contributed by atoms with van der Waals surface area (Å²) in [5.41, 5.74) is 0. The molecule has 0 amide bonds. The van der Waals surface area contributed by atoms with E-state index >= 15 is 0 Å². The average Bonchev–Trinajstić information content (AvgIpc) is 2.63. The van der Waals surface area contributed by atoms with Crippen LogP contribution in [0.4, 0.5) is 0 Å². The van der Waals surface area contributed by atoms with E-state index in [0.29, 0.717) is 0 Å². The van der Waals surface area contributed by atoms with Crippen LogP contribution in [0.2, 0.25) is 0 Å². The Balaban J connectivity index is 3.37. The van der Waals surface area contributed by atoms with Gasteiger partial charge in [0.05, 0.1) is 16.8 Å². The van der Waals surface area contributed by atoms with Crippen LogP contribution in [0.5, 0.6) is 0 Å². The van der Waals surface area contributed by atoms with Gasteiger partial charge >= 0.3 is 5.97 Å². The molecule has 0 bridgehead atoms. The smallest absolute Gasteiger partial charge is 0.349 e. The number of hydrogen-bond acceptors (Lipinski definition) is 5. The molecule has 4 nitrogen and oxygen atoms in total. The van der Waals surface area contributed by atoms with Crippen molar-refractivity contribution in [3.63, 3.8) is 0 Å². The summed E-state index contributed by atoms with van der Waals surface area (Å²) in [5, 5.41) is 1.57. The van der Waals surface area contributed by atoms with Crippen molar-refractivity contribution in [3.8, 4) is 0 Å². The number of methoxy groups -OCH3 is 1. The lowest BCUT2D eigenvalue weighted by molar-refractivity contribution is 0.0602. The van der Waals surface area contributed by atoms with Crippen molar-refractivity contribution in [1.82, 2.24) is 0 Å². The van der Waals surface area contributed by atoms with Gasteiger partial charge in [-0.3, -0.25) is 0 Å². The average molecular weight is 262 g/mol. The largest absolute Gasteiger partial charge is 0.465 e. The van der Waals surface area contributed by atoms with Gasteiger partial charge in [-0.1, -0.05) is 0 Å². The standard InChI is InChI=1S/C10H14O4S2/c1-10(2,3)16(12,13)7-5-6-15-8(7)9(11)14-4/h5-6H,1-4H3. The van der Waals surface area contributed by atoms with E-state index in [1.54, 1.807) is 26.2 Å². The number of carbonyl (C=O) groups is 1. The number of esters is 1. The van der Waals surface area contributed by atoms with Gasteiger partial charge in [0.15, 0.2) is 9.84 Å². The van der Waals surface area contributed by atoms with Crippen LogP contribution in [0, 0.1) is 0 Å². The predicted molar refractivity (Wildman–Crippen MR) is 62.6 cm³/mol. The molecule has 16 heavy (non-hydrogen) atoms. The molecule has 0 aromatic carbocycles. The van der Waals surface area contributed by atoms with Gasteiger partial charge in [0.25, 0.3) is 0 Å². The summed E-state index contributed by atoms with van der Waals surface area (Å²) in [6.07, 6.45) is 0. The first kappa shape index (κ1) is 13.2. The van der Waals surface area contributed by atoms with Crippen LogP contribution < -0.4 is 0 Å². The highest BCUT2D eigenvalue weighted by Gasteiger charge is 2.35. The van der Waals surface area contributed by atoms with E-state index in [9.17, 15) is 13.2 Å². The molecule has 0 saturated heterocycles. The topological polar surface area (TPSA) is 60.4 Å². The van der Waals surface area contributed by atoms with Crippen LogP contribution in [0.1, 0.15) is 30.4 Å². The monoisotopic (exact) mass is 262 g/mol. The van der Waals surface area contributed by atoms with Crippen LogP contribution in [-0.2, 0) is 14.6 Å². The van der Waals surface area contributed by atoms with E-state index in [1.165, 1.54) is 13.2 Å². The predicted octanol–water partition coefficient (Wildman–Crippen LogP) is 2.11. The number of thiophene rings is 1. The molecule has 1 aromatic heterocycles. The molecule has 6 heteroatoms. The van der Waals surface area contributed by atoms with E-state index in [0.717, 1.165) is 11.3 Å². The Bertz CT molecular complexity index is 491. The zero-order valence-corrected chi connectivity index (χ0v) is 11.2. The third-order valence-corrected chi connectivity index (χ3v) is 5.65. The number of carbonyl (C=O) groups excluding carboxylic acids is 1. The second kappa shape index (κ2) is 4.18. The maximum Gasteiger partial charge on any atom is 0.349 e. The van der Waals surface area contributed by atoms with Gasteiger partial charge in [-0.25, -0.2) is 13.2 Å². The van der Waals surface area contributed by atoms with Crippen molar-refractivity contribution in [1.29, 1.82) is 0 Å². The van der Waals surface area contributed by atoms with E-state index in [2.05, 4.69) is 4.74 Å². The van der Waals surface area contributed by atoms with Gasteiger partial charge in [0, 0.05) is 0 Å². The first-order valence-electron chi connectivity index (χ1n) is 4.62. The molecular weight excluding hydrogens is 248 g/mol. The lowest BCUT2D eigenvalue weighted by Crippen LogP contribution is -2.28. The number of hydrogen-bond donors (Lipinski definition) is 0. The molecule has 90 valence electrons. The van der Waals surface area contributed by atoms with E-state index in [4.69, 9.17) is 0 Å². The SMILES string of the molecule is COC(=O)c1sccc1S(=O)(=O)C(C)(C)C. The highest BCUT2D eigenvalue weighted by molar-refractivity contribution is 7.93. The molecule has 0 atom stereocenters.